The lowest BCUT2D eigenvalue weighted by Gasteiger charge is -2.35. The van der Waals surface area contributed by atoms with E-state index in [2.05, 4.69) is 15.3 Å². The fourth-order valence-corrected chi connectivity index (χ4v) is 3.70. The quantitative estimate of drug-likeness (QED) is 0.613. The van der Waals surface area contributed by atoms with Crippen LogP contribution in [0.25, 0.3) is 0 Å². The molecule has 154 valence electrons. The van der Waals surface area contributed by atoms with Crippen molar-refractivity contribution in [3.63, 3.8) is 0 Å². The van der Waals surface area contributed by atoms with Gasteiger partial charge in [0.25, 0.3) is 0 Å². The monoisotopic (exact) mass is 428 g/mol. The lowest BCUT2D eigenvalue weighted by molar-refractivity contribution is 0.0601. The standard InChI is InChI=1S/C21H18ClFN4O3/c1-30-20(28)15-10-14(23)6-7-16(15)26-21(29)27-9-8-17-18(25-11-24-17)19(27)12-2-4-13(22)5-3-12/h2-7,10-11,19H,8-9H2,1H3,(H,24,25)(H,26,29). The molecule has 1 aliphatic rings. The number of nitrogens with one attached hydrogen (secondary N) is 2. The van der Waals surface area contributed by atoms with Gasteiger partial charge >= 0.3 is 12.0 Å². The first kappa shape index (κ1) is 19.9. The molecule has 0 aliphatic carbocycles. The van der Waals surface area contributed by atoms with Gasteiger partial charge in [-0.2, -0.15) is 0 Å². The summed E-state index contributed by atoms with van der Waals surface area (Å²) < 4.78 is 18.3. The van der Waals surface area contributed by atoms with Gasteiger partial charge < -0.3 is 19.9 Å². The Hall–Kier alpha value is -3.39. The van der Waals surface area contributed by atoms with Crippen LogP contribution < -0.4 is 5.32 Å². The zero-order valence-electron chi connectivity index (χ0n) is 16.0. The van der Waals surface area contributed by atoms with Gasteiger partial charge in [-0.25, -0.2) is 19.0 Å². The van der Waals surface area contributed by atoms with Crippen LogP contribution in [0.3, 0.4) is 0 Å². The summed E-state index contributed by atoms with van der Waals surface area (Å²) in [6, 6.07) is 9.83. The molecule has 7 nitrogen and oxygen atoms in total. The summed E-state index contributed by atoms with van der Waals surface area (Å²) in [7, 11) is 1.19. The Labute approximate surface area is 176 Å². The van der Waals surface area contributed by atoms with E-state index in [0.29, 0.717) is 18.0 Å². The summed E-state index contributed by atoms with van der Waals surface area (Å²) in [6.07, 6.45) is 2.20. The van der Waals surface area contributed by atoms with Crippen LogP contribution >= 0.6 is 11.6 Å². The van der Waals surface area contributed by atoms with Gasteiger partial charge in [0, 0.05) is 23.7 Å². The molecular formula is C21H18ClFN4O3. The minimum atomic E-state index is -0.743. The molecule has 0 radical (unpaired) electrons. The third-order valence-corrected chi connectivity index (χ3v) is 5.25. The number of rotatable bonds is 3. The minimum absolute atomic E-state index is 0.0636. The highest BCUT2D eigenvalue weighted by Gasteiger charge is 2.34. The predicted molar refractivity (Wildman–Crippen MR) is 109 cm³/mol. The molecule has 2 aromatic carbocycles. The number of fused-ring (bicyclic) bond motifs is 1. The van der Waals surface area contributed by atoms with Crippen molar-refractivity contribution < 1.29 is 18.7 Å². The van der Waals surface area contributed by atoms with Gasteiger partial charge in [0.15, 0.2) is 0 Å². The number of hydrogen-bond donors (Lipinski definition) is 2. The average Bonchev–Trinajstić information content (AvgIpc) is 3.23. The number of urea groups is 1. The number of H-pyrrole nitrogens is 1. The van der Waals surface area contributed by atoms with Crippen molar-refractivity contribution in [2.24, 2.45) is 0 Å². The van der Waals surface area contributed by atoms with E-state index in [1.807, 2.05) is 12.1 Å². The number of halogens is 2. The van der Waals surface area contributed by atoms with Gasteiger partial charge in [0.05, 0.1) is 30.4 Å². The average molecular weight is 429 g/mol. The molecule has 0 bridgehead atoms. The fraction of sp³-hybridized carbons (Fsp3) is 0.190. The third-order valence-electron chi connectivity index (χ3n) is 5.00. The molecular weight excluding hydrogens is 411 g/mol. The fourth-order valence-electron chi connectivity index (χ4n) is 3.57. The number of ether oxygens (including phenoxy) is 1. The van der Waals surface area contributed by atoms with E-state index < -0.39 is 23.9 Å². The zero-order chi connectivity index (χ0) is 21.3. The summed E-state index contributed by atoms with van der Waals surface area (Å²) >= 11 is 6.02. The smallest absolute Gasteiger partial charge is 0.340 e. The van der Waals surface area contributed by atoms with Gasteiger partial charge in [-0.3, -0.25) is 0 Å². The van der Waals surface area contributed by atoms with Crippen molar-refractivity contribution in [2.45, 2.75) is 12.5 Å². The number of esters is 1. The Kier molecular flexibility index (Phi) is 5.41. The molecule has 0 spiro atoms. The number of imidazole rings is 1. The van der Waals surface area contributed by atoms with Crippen LogP contribution in [0.5, 0.6) is 0 Å². The van der Waals surface area contributed by atoms with Crippen LogP contribution in [-0.2, 0) is 11.2 Å². The first-order valence-corrected chi connectivity index (χ1v) is 9.59. The molecule has 1 aromatic heterocycles. The van der Waals surface area contributed by atoms with Crippen LogP contribution in [0.4, 0.5) is 14.9 Å². The Morgan fingerprint density at radius 3 is 2.77 bits per heavy atom. The topological polar surface area (TPSA) is 87.3 Å². The van der Waals surface area contributed by atoms with Crippen molar-refractivity contribution in [1.29, 1.82) is 0 Å². The van der Waals surface area contributed by atoms with Crippen molar-refractivity contribution in [2.75, 3.05) is 19.0 Å². The van der Waals surface area contributed by atoms with E-state index in [1.54, 1.807) is 23.4 Å². The molecule has 4 rings (SSSR count). The number of hydrogen-bond acceptors (Lipinski definition) is 4. The van der Waals surface area contributed by atoms with Crippen molar-refractivity contribution >= 4 is 29.3 Å². The van der Waals surface area contributed by atoms with Gasteiger partial charge in [-0.1, -0.05) is 23.7 Å². The Balaban J connectivity index is 1.68. The normalized spacial score (nSPS) is 15.4. The van der Waals surface area contributed by atoms with E-state index in [4.69, 9.17) is 16.3 Å². The number of carbonyl (C=O) groups is 2. The van der Waals surface area contributed by atoms with Gasteiger partial charge in [-0.15, -0.1) is 0 Å². The number of nitrogens with zero attached hydrogens (tertiary/aromatic N) is 2. The van der Waals surface area contributed by atoms with E-state index >= 15 is 0 Å². The number of aromatic amines is 1. The molecule has 0 fully saturated rings. The van der Waals surface area contributed by atoms with Crippen LogP contribution in [-0.4, -0.2) is 40.5 Å². The highest BCUT2D eigenvalue weighted by Crippen LogP contribution is 2.34. The number of aromatic nitrogens is 2. The van der Waals surface area contributed by atoms with Crippen LogP contribution in [0.2, 0.25) is 5.02 Å². The van der Waals surface area contributed by atoms with Gasteiger partial charge in [0.1, 0.15) is 11.9 Å². The Morgan fingerprint density at radius 2 is 2.03 bits per heavy atom. The Bertz CT molecular complexity index is 1100. The third kappa shape index (κ3) is 3.73. The number of anilines is 1. The van der Waals surface area contributed by atoms with Crippen LogP contribution in [0.15, 0.2) is 48.8 Å². The van der Waals surface area contributed by atoms with Gasteiger partial charge in [-0.05, 0) is 35.9 Å². The first-order chi connectivity index (χ1) is 14.5. The molecule has 30 heavy (non-hydrogen) atoms. The molecule has 0 saturated carbocycles. The summed E-state index contributed by atoms with van der Waals surface area (Å²) in [5.74, 6) is -1.35. The molecule has 0 saturated heterocycles. The molecule has 2 N–H and O–H groups in total. The Morgan fingerprint density at radius 1 is 1.27 bits per heavy atom. The second-order valence-electron chi connectivity index (χ2n) is 6.78. The van der Waals surface area contributed by atoms with Crippen LogP contribution in [0, 0.1) is 5.82 Å². The van der Waals surface area contributed by atoms with Gasteiger partial charge in [0.2, 0.25) is 0 Å². The van der Waals surface area contributed by atoms with E-state index in [0.717, 1.165) is 23.0 Å². The van der Waals surface area contributed by atoms with E-state index in [-0.39, 0.29) is 11.3 Å². The number of amides is 2. The van der Waals surface area contributed by atoms with E-state index in [9.17, 15) is 14.0 Å². The maximum absolute atomic E-state index is 13.6. The summed E-state index contributed by atoms with van der Waals surface area (Å²) in [5, 5.41) is 3.30. The summed E-state index contributed by atoms with van der Waals surface area (Å²) in [4.78, 5) is 34.4. The highest BCUT2D eigenvalue weighted by atomic mass is 35.5. The highest BCUT2D eigenvalue weighted by molar-refractivity contribution is 6.30. The summed E-state index contributed by atoms with van der Waals surface area (Å²) in [5.41, 5.74) is 2.64. The summed E-state index contributed by atoms with van der Waals surface area (Å²) in [6.45, 7) is 0.420. The molecule has 1 unspecified atom stereocenters. The lowest BCUT2D eigenvalue weighted by atomic mass is 9.96. The van der Waals surface area contributed by atoms with Crippen LogP contribution in [0.1, 0.15) is 33.4 Å². The second kappa shape index (κ2) is 8.16. The molecule has 2 heterocycles. The van der Waals surface area contributed by atoms with Crippen molar-refractivity contribution in [3.8, 4) is 0 Å². The number of methoxy groups -OCH3 is 1. The minimum Gasteiger partial charge on any atom is -0.465 e. The first-order valence-electron chi connectivity index (χ1n) is 9.21. The molecule has 1 atom stereocenters. The lowest BCUT2D eigenvalue weighted by Crippen LogP contribution is -2.43. The van der Waals surface area contributed by atoms with Crippen molar-refractivity contribution in [1.82, 2.24) is 14.9 Å². The largest absolute Gasteiger partial charge is 0.465 e. The van der Waals surface area contributed by atoms with E-state index in [1.165, 1.54) is 19.2 Å². The SMILES string of the molecule is COC(=O)c1cc(F)ccc1NC(=O)N1CCc2[nH]cnc2C1c1ccc(Cl)cc1. The molecule has 9 heteroatoms. The maximum atomic E-state index is 13.6. The zero-order valence-corrected chi connectivity index (χ0v) is 16.7. The molecule has 2 amide bonds. The predicted octanol–water partition coefficient (Wildman–Crippen LogP) is 4.17. The number of benzene rings is 2. The maximum Gasteiger partial charge on any atom is 0.340 e. The van der Waals surface area contributed by atoms with Crippen molar-refractivity contribution in [3.05, 3.63) is 82.1 Å². The number of carbonyl (C=O) groups excluding carboxylic acids is 2. The molecule has 3 aromatic rings. The molecule has 1 aliphatic heterocycles. The second-order valence-corrected chi connectivity index (χ2v) is 7.21.